The molecule has 4 aromatic rings. The number of aromatic nitrogens is 4. The van der Waals surface area contributed by atoms with Crippen LogP contribution in [0.3, 0.4) is 0 Å². The van der Waals surface area contributed by atoms with Gasteiger partial charge in [-0.2, -0.15) is 5.10 Å². The smallest absolute Gasteiger partial charge is 0.0913 e. The van der Waals surface area contributed by atoms with E-state index in [0.717, 1.165) is 52.0 Å². The van der Waals surface area contributed by atoms with Crippen LogP contribution >= 0.6 is 0 Å². The molecule has 1 aromatic carbocycles. The number of hydrogen-bond acceptors (Lipinski definition) is 3. The zero-order valence-electron chi connectivity index (χ0n) is 13.5. The van der Waals surface area contributed by atoms with Gasteiger partial charge < -0.3 is 0 Å². The van der Waals surface area contributed by atoms with Crippen LogP contribution in [-0.2, 0) is 6.42 Å². The van der Waals surface area contributed by atoms with Crippen molar-refractivity contribution < 1.29 is 0 Å². The molecule has 1 N–H and O–H groups in total. The van der Waals surface area contributed by atoms with Gasteiger partial charge in [0.25, 0.3) is 0 Å². The van der Waals surface area contributed by atoms with Crippen LogP contribution in [0.4, 0.5) is 0 Å². The van der Waals surface area contributed by atoms with Gasteiger partial charge in [0.2, 0.25) is 0 Å². The van der Waals surface area contributed by atoms with Crippen molar-refractivity contribution in [1.82, 2.24) is 20.2 Å². The van der Waals surface area contributed by atoms with Gasteiger partial charge in [-0.05, 0) is 36.2 Å². The molecule has 0 saturated carbocycles. The number of nitrogens with one attached hydrogen (secondary N) is 1. The Morgan fingerprint density at radius 1 is 0.958 bits per heavy atom. The first kappa shape index (κ1) is 14.6. The summed E-state index contributed by atoms with van der Waals surface area (Å²) in [5.74, 6) is 0. The van der Waals surface area contributed by atoms with Crippen LogP contribution in [0.1, 0.15) is 19.0 Å². The van der Waals surface area contributed by atoms with Crippen LogP contribution in [0.25, 0.3) is 33.4 Å². The molecule has 4 nitrogen and oxygen atoms in total. The number of hydrogen-bond donors (Lipinski definition) is 1. The molecule has 24 heavy (non-hydrogen) atoms. The predicted molar refractivity (Wildman–Crippen MR) is 96.6 cm³/mol. The van der Waals surface area contributed by atoms with Gasteiger partial charge in [-0.3, -0.25) is 15.1 Å². The quantitative estimate of drug-likeness (QED) is 0.597. The van der Waals surface area contributed by atoms with Crippen LogP contribution in [0.5, 0.6) is 0 Å². The maximum Gasteiger partial charge on any atom is 0.0913 e. The number of fused-ring (bicyclic) bond motifs is 1. The summed E-state index contributed by atoms with van der Waals surface area (Å²) >= 11 is 0. The van der Waals surface area contributed by atoms with Crippen LogP contribution in [-0.4, -0.2) is 20.2 Å². The van der Waals surface area contributed by atoms with Crippen LogP contribution in [0, 0.1) is 0 Å². The van der Waals surface area contributed by atoms with Gasteiger partial charge in [0, 0.05) is 22.8 Å². The van der Waals surface area contributed by atoms with Gasteiger partial charge in [0.15, 0.2) is 0 Å². The van der Waals surface area contributed by atoms with E-state index in [-0.39, 0.29) is 0 Å². The number of rotatable bonds is 4. The Morgan fingerprint density at radius 2 is 1.88 bits per heavy atom. The molecule has 4 heteroatoms. The van der Waals surface area contributed by atoms with Gasteiger partial charge in [-0.15, -0.1) is 0 Å². The lowest BCUT2D eigenvalue weighted by molar-refractivity contribution is 0.883. The summed E-state index contributed by atoms with van der Waals surface area (Å²) in [6.45, 7) is 2.17. The molecule has 4 rings (SSSR count). The van der Waals surface area contributed by atoms with E-state index in [4.69, 9.17) is 4.98 Å². The molecule has 118 valence electrons. The first-order valence-electron chi connectivity index (χ1n) is 8.20. The van der Waals surface area contributed by atoms with E-state index in [1.165, 1.54) is 0 Å². The number of pyridine rings is 2. The average Bonchev–Trinajstić information content (AvgIpc) is 3.11. The predicted octanol–water partition coefficient (Wildman–Crippen LogP) is 4.64. The fourth-order valence-electron chi connectivity index (χ4n) is 3.03. The largest absolute Gasteiger partial charge is 0.276 e. The van der Waals surface area contributed by atoms with Gasteiger partial charge in [0.1, 0.15) is 0 Å². The molecule has 3 aromatic heterocycles. The van der Waals surface area contributed by atoms with Gasteiger partial charge in [-0.1, -0.05) is 37.6 Å². The summed E-state index contributed by atoms with van der Waals surface area (Å²) in [5, 5.41) is 8.51. The van der Waals surface area contributed by atoms with Crippen molar-refractivity contribution in [3.63, 3.8) is 0 Å². The molecule has 0 amide bonds. The third-order valence-corrected chi connectivity index (χ3v) is 4.15. The van der Waals surface area contributed by atoms with E-state index in [1.807, 2.05) is 42.7 Å². The maximum absolute atomic E-state index is 4.78. The minimum atomic E-state index is 0.925. The second-order valence-electron chi connectivity index (χ2n) is 5.80. The molecule has 0 radical (unpaired) electrons. The molecule has 0 aliphatic carbocycles. The Bertz CT molecular complexity index is 982. The molecule has 0 spiro atoms. The van der Waals surface area contributed by atoms with Gasteiger partial charge in [0.05, 0.1) is 23.1 Å². The summed E-state index contributed by atoms with van der Waals surface area (Å²) in [7, 11) is 0. The summed E-state index contributed by atoms with van der Waals surface area (Å²) in [5.41, 5.74) is 6.13. The van der Waals surface area contributed by atoms with Crippen LogP contribution < -0.4 is 0 Å². The Morgan fingerprint density at radius 3 is 2.79 bits per heavy atom. The Kier molecular flexibility index (Phi) is 3.79. The minimum absolute atomic E-state index is 0.925. The number of aromatic amines is 1. The van der Waals surface area contributed by atoms with Gasteiger partial charge >= 0.3 is 0 Å². The topological polar surface area (TPSA) is 54.5 Å². The highest BCUT2D eigenvalue weighted by Crippen LogP contribution is 2.33. The number of para-hydroxylation sites is 1. The highest BCUT2D eigenvalue weighted by molar-refractivity contribution is 5.97. The Balaban J connectivity index is 1.87. The van der Waals surface area contributed by atoms with Gasteiger partial charge in [-0.25, -0.2) is 0 Å². The normalized spacial score (nSPS) is 11.0. The van der Waals surface area contributed by atoms with E-state index in [2.05, 4.69) is 40.3 Å². The molecular weight excluding hydrogens is 296 g/mol. The fourth-order valence-corrected chi connectivity index (χ4v) is 3.03. The molecule has 0 fully saturated rings. The first-order valence-corrected chi connectivity index (χ1v) is 8.20. The molecule has 0 saturated heterocycles. The molecular formula is C20H18N4. The van der Waals surface area contributed by atoms with Crippen molar-refractivity contribution >= 4 is 10.9 Å². The van der Waals surface area contributed by atoms with Crippen molar-refractivity contribution in [3.8, 4) is 22.5 Å². The van der Waals surface area contributed by atoms with Crippen LogP contribution in [0.2, 0.25) is 0 Å². The zero-order valence-corrected chi connectivity index (χ0v) is 13.5. The Hall–Kier alpha value is -3.01. The summed E-state index contributed by atoms with van der Waals surface area (Å²) < 4.78 is 0. The highest BCUT2D eigenvalue weighted by atomic mass is 15.1. The molecule has 0 unspecified atom stereocenters. The van der Waals surface area contributed by atoms with Crippen molar-refractivity contribution in [2.24, 2.45) is 0 Å². The molecule has 0 atom stereocenters. The third-order valence-electron chi connectivity index (χ3n) is 4.15. The lowest BCUT2D eigenvalue weighted by atomic mass is 10.0. The van der Waals surface area contributed by atoms with Crippen LogP contribution in [0.15, 0.2) is 60.9 Å². The van der Waals surface area contributed by atoms with Crippen molar-refractivity contribution in [3.05, 3.63) is 66.6 Å². The minimum Gasteiger partial charge on any atom is -0.276 e. The van der Waals surface area contributed by atoms with E-state index in [0.29, 0.717) is 0 Å². The zero-order chi connectivity index (χ0) is 16.4. The molecule has 0 aliphatic heterocycles. The standard InChI is InChI=1S/C20H18N4/c1-2-6-14-7-5-10-19(23-14)20-17(13-22-24-20)15-11-12-21-18-9-4-3-8-16(15)18/h3-5,7-13H,2,6H2,1H3,(H,22,24). The average molecular weight is 314 g/mol. The number of aryl methyl sites for hydroxylation is 1. The summed E-state index contributed by atoms with van der Waals surface area (Å²) in [6, 6.07) is 16.4. The number of benzene rings is 1. The Labute approximate surface area is 140 Å². The monoisotopic (exact) mass is 314 g/mol. The van der Waals surface area contributed by atoms with E-state index in [1.54, 1.807) is 0 Å². The molecule has 0 aliphatic rings. The second kappa shape index (κ2) is 6.24. The van der Waals surface area contributed by atoms with Crippen molar-refractivity contribution in [1.29, 1.82) is 0 Å². The highest BCUT2D eigenvalue weighted by Gasteiger charge is 2.14. The van der Waals surface area contributed by atoms with E-state index in [9.17, 15) is 0 Å². The maximum atomic E-state index is 4.78. The third kappa shape index (κ3) is 2.56. The number of H-pyrrole nitrogens is 1. The molecule has 0 bridgehead atoms. The number of nitrogens with zero attached hydrogens (tertiary/aromatic N) is 3. The van der Waals surface area contributed by atoms with E-state index < -0.39 is 0 Å². The summed E-state index contributed by atoms with van der Waals surface area (Å²) in [4.78, 5) is 9.23. The fraction of sp³-hybridized carbons (Fsp3) is 0.150. The lowest BCUT2D eigenvalue weighted by Crippen LogP contribution is -1.93. The van der Waals surface area contributed by atoms with E-state index >= 15 is 0 Å². The SMILES string of the molecule is CCCc1cccc(-c2[nH]ncc2-c2ccnc3ccccc23)n1. The summed E-state index contributed by atoms with van der Waals surface area (Å²) in [6.07, 6.45) is 5.78. The second-order valence-corrected chi connectivity index (χ2v) is 5.80. The van der Waals surface area contributed by atoms with Crippen molar-refractivity contribution in [2.45, 2.75) is 19.8 Å². The van der Waals surface area contributed by atoms with Crippen molar-refractivity contribution in [2.75, 3.05) is 0 Å². The lowest BCUT2D eigenvalue weighted by Gasteiger charge is -2.07. The molecule has 3 heterocycles. The first-order chi connectivity index (χ1) is 11.9.